The average molecular weight is 242 g/mol. The molecule has 1 atom stereocenters. The van der Waals surface area contributed by atoms with E-state index in [1.54, 1.807) is 4.90 Å². The molecule has 0 spiro atoms. The maximum absolute atomic E-state index is 11.7. The highest BCUT2D eigenvalue weighted by atomic mass is 16.2. The Morgan fingerprint density at radius 1 is 1.12 bits per heavy atom. The Morgan fingerprint density at radius 3 is 2.18 bits per heavy atom. The number of likely N-dealkylation sites (N-methyl/N-ethyl adjacent to an activating group) is 1. The Labute approximate surface area is 107 Å². The van der Waals surface area contributed by atoms with Crippen molar-refractivity contribution >= 4 is 5.91 Å². The van der Waals surface area contributed by atoms with Crippen LogP contribution in [0.4, 0.5) is 0 Å². The lowest BCUT2D eigenvalue weighted by Crippen LogP contribution is -2.36. The number of carbonyl (C=O) groups is 1. The van der Waals surface area contributed by atoms with E-state index in [1.165, 1.54) is 38.5 Å². The Bertz CT molecular complexity index is 193. The van der Waals surface area contributed by atoms with Gasteiger partial charge in [-0.05, 0) is 13.3 Å². The van der Waals surface area contributed by atoms with Crippen molar-refractivity contribution in [3.05, 3.63) is 0 Å². The summed E-state index contributed by atoms with van der Waals surface area (Å²) in [6, 6.07) is 0.0676. The highest BCUT2D eigenvalue weighted by Gasteiger charge is 2.09. The lowest BCUT2D eigenvalue weighted by atomic mass is 10.1. The third-order valence-corrected chi connectivity index (χ3v) is 2.98. The predicted octanol–water partition coefficient (Wildman–Crippen LogP) is 2.93. The molecule has 17 heavy (non-hydrogen) atoms. The van der Waals surface area contributed by atoms with Crippen LogP contribution in [0.25, 0.3) is 0 Å². The molecule has 0 aliphatic carbocycles. The van der Waals surface area contributed by atoms with Gasteiger partial charge in [0.05, 0.1) is 0 Å². The number of hydrogen-bond donors (Lipinski definition) is 1. The van der Waals surface area contributed by atoms with Crippen LogP contribution in [0.1, 0.15) is 65.2 Å². The number of nitrogens with two attached hydrogens (primary N) is 1. The Kier molecular flexibility index (Phi) is 10.2. The second-order valence-electron chi connectivity index (χ2n) is 5.12. The average Bonchev–Trinajstić information content (AvgIpc) is 2.26. The fourth-order valence-corrected chi connectivity index (χ4v) is 1.96. The van der Waals surface area contributed by atoms with Crippen molar-refractivity contribution in [3.8, 4) is 0 Å². The first-order chi connectivity index (χ1) is 8.07. The Balaban J connectivity index is 3.38. The van der Waals surface area contributed by atoms with Crippen LogP contribution in [0.5, 0.6) is 0 Å². The van der Waals surface area contributed by atoms with E-state index >= 15 is 0 Å². The summed E-state index contributed by atoms with van der Waals surface area (Å²) in [7, 11) is 1.84. The van der Waals surface area contributed by atoms with E-state index < -0.39 is 0 Å². The molecule has 0 aliphatic heterocycles. The third kappa shape index (κ3) is 10.3. The van der Waals surface area contributed by atoms with Crippen molar-refractivity contribution in [1.29, 1.82) is 0 Å². The lowest BCUT2D eigenvalue weighted by Gasteiger charge is -2.19. The zero-order chi connectivity index (χ0) is 13.1. The zero-order valence-electron chi connectivity index (χ0n) is 11.9. The normalized spacial score (nSPS) is 12.5. The molecule has 0 bridgehead atoms. The van der Waals surface area contributed by atoms with Gasteiger partial charge in [0.2, 0.25) is 5.91 Å². The number of hydrogen-bond acceptors (Lipinski definition) is 2. The van der Waals surface area contributed by atoms with E-state index in [9.17, 15) is 4.79 Å². The quantitative estimate of drug-likeness (QED) is 0.599. The van der Waals surface area contributed by atoms with Crippen molar-refractivity contribution in [2.75, 3.05) is 13.6 Å². The molecule has 0 aromatic rings. The maximum atomic E-state index is 11.7. The van der Waals surface area contributed by atoms with Crippen LogP contribution in [-0.2, 0) is 4.79 Å². The van der Waals surface area contributed by atoms with Crippen LogP contribution in [-0.4, -0.2) is 30.4 Å². The molecule has 0 aromatic heterocycles. The molecule has 3 heteroatoms. The van der Waals surface area contributed by atoms with Crippen molar-refractivity contribution in [2.45, 2.75) is 71.3 Å². The molecular formula is C14H30N2O. The van der Waals surface area contributed by atoms with Crippen LogP contribution in [0, 0.1) is 0 Å². The van der Waals surface area contributed by atoms with Gasteiger partial charge in [-0.2, -0.15) is 0 Å². The van der Waals surface area contributed by atoms with Crippen LogP contribution in [0.15, 0.2) is 0 Å². The number of nitrogens with zero attached hydrogens (tertiary/aromatic N) is 1. The predicted molar refractivity (Wildman–Crippen MR) is 73.9 cm³/mol. The number of rotatable bonds is 10. The third-order valence-electron chi connectivity index (χ3n) is 2.98. The monoisotopic (exact) mass is 242 g/mol. The molecule has 102 valence electrons. The number of unbranched alkanes of at least 4 members (excludes halogenated alkanes) is 6. The molecule has 0 aromatic carbocycles. The molecule has 0 heterocycles. The summed E-state index contributed by atoms with van der Waals surface area (Å²) in [5.41, 5.74) is 5.66. The van der Waals surface area contributed by atoms with E-state index in [1.807, 2.05) is 14.0 Å². The summed E-state index contributed by atoms with van der Waals surface area (Å²) in [6.07, 6.45) is 9.44. The molecule has 3 nitrogen and oxygen atoms in total. The first-order valence-corrected chi connectivity index (χ1v) is 7.07. The van der Waals surface area contributed by atoms with Gasteiger partial charge in [-0.3, -0.25) is 4.79 Å². The van der Waals surface area contributed by atoms with Gasteiger partial charge >= 0.3 is 0 Å². The fraction of sp³-hybridized carbons (Fsp3) is 0.929. The van der Waals surface area contributed by atoms with Crippen LogP contribution >= 0.6 is 0 Å². The summed E-state index contributed by atoms with van der Waals surface area (Å²) in [5.74, 6) is 0.232. The molecular weight excluding hydrogens is 212 g/mol. The minimum atomic E-state index is 0.0676. The Hall–Kier alpha value is -0.570. The van der Waals surface area contributed by atoms with Gasteiger partial charge in [0, 0.05) is 26.1 Å². The van der Waals surface area contributed by atoms with Crippen molar-refractivity contribution in [2.24, 2.45) is 5.73 Å². The molecule has 0 saturated carbocycles. The summed E-state index contributed by atoms with van der Waals surface area (Å²) < 4.78 is 0. The van der Waals surface area contributed by atoms with E-state index in [2.05, 4.69) is 6.92 Å². The minimum absolute atomic E-state index is 0.0676. The van der Waals surface area contributed by atoms with E-state index in [0.717, 1.165) is 6.42 Å². The molecule has 0 aliphatic rings. The molecule has 1 unspecified atom stereocenters. The maximum Gasteiger partial charge on any atom is 0.222 e. The van der Waals surface area contributed by atoms with Crippen LogP contribution in [0.3, 0.4) is 0 Å². The van der Waals surface area contributed by atoms with Gasteiger partial charge in [0.15, 0.2) is 0 Å². The Morgan fingerprint density at radius 2 is 1.65 bits per heavy atom. The number of amides is 1. The zero-order valence-corrected chi connectivity index (χ0v) is 11.9. The van der Waals surface area contributed by atoms with Crippen molar-refractivity contribution < 1.29 is 4.79 Å². The first-order valence-electron chi connectivity index (χ1n) is 7.07. The van der Waals surface area contributed by atoms with Gasteiger partial charge in [0.25, 0.3) is 0 Å². The highest BCUT2D eigenvalue weighted by molar-refractivity contribution is 5.75. The molecule has 0 fully saturated rings. The second-order valence-corrected chi connectivity index (χ2v) is 5.12. The second kappa shape index (κ2) is 10.6. The van der Waals surface area contributed by atoms with E-state index in [-0.39, 0.29) is 11.9 Å². The van der Waals surface area contributed by atoms with E-state index in [4.69, 9.17) is 5.73 Å². The topological polar surface area (TPSA) is 46.3 Å². The van der Waals surface area contributed by atoms with Gasteiger partial charge in [0.1, 0.15) is 0 Å². The smallest absolute Gasteiger partial charge is 0.222 e. The van der Waals surface area contributed by atoms with Gasteiger partial charge in [-0.15, -0.1) is 0 Å². The van der Waals surface area contributed by atoms with Gasteiger partial charge in [-0.1, -0.05) is 45.4 Å². The fourth-order valence-electron chi connectivity index (χ4n) is 1.96. The van der Waals surface area contributed by atoms with Gasteiger partial charge in [-0.25, -0.2) is 0 Å². The lowest BCUT2D eigenvalue weighted by molar-refractivity contribution is -0.130. The summed E-state index contributed by atoms with van der Waals surface area (Å²) in [5, 5.41) is 0. The molecule has 0 saturated heterocycles. The molecule has 0 rings (SSSR count). The van der Waals surface area contributed by atoms with Crippen molar-refractivity contribution in [1.82, 2.24) is 4.90 Å². The molecule has 0 radical (unpaired) electrons. The van der Waals surface area contributed by atoms with Crippen LogP contribution in [0.2, 0.25) is 0 Å². The number of carbonyl (C=O) groups excluding carboxylic acids is 1. The minimum Gasteiger partial charge on any atom is -0.344 e. The standard InChI is InChI=1S/C14H30N2O/c1-4-5-6-7-8-9-10-11-14(17)16(3)12-13(2)15/h13H,4-12,15H2,1-3H3. The summed E-state index contributed by atoms with van der Waals surface area (Å²) in [6.45, 7) is 4.82. The summed E-state index contributed by atoms with van der Waals surface area (Å²) >= 11 is 0. The van der Waals surface area contributed by atoms with Crippen LogP contribution < -0.4 is 5.73 Å². The highest BCUT2D eigenvalue weighted by Crippen LogP contribution is 2.09. The van der Waals surface area contributed by atoms with E-state index in [0.29, 0.717) is 13.0 Å². The molecule has 2 N–H and O–H groups in total. The van der Waals surface area contributed by atoms with Gasteiger partial charge < -0.3 is 10.6 Å². The largest absolute Gasteiger partial charge is 0.344 e. The van der Waals surface area contributed by atoms with Crippen molar-refractivity contribution in [3.63, 3.8) is 0 Å². The first kappa shape index (κ1) is 16.4. The molecule has 1 amide bonds. The SMILES string of the molecule is CCCCCCCCCC(=O)N(C)CC(C)N. The summed E-state index contributed by atoms with van der Waals surface area (Å²) in [4.78, 5) is 13.4.